The highest BCUT2D eigenvalue weighted by Crippen LogP contribution is 2.35. The van der Waals surface area contributed by atoms with Gasteiger partial charge in [0, 0.05) is 18.8 Å². The molecule has 0 unspecified atom stereocenters. The van der Waals surface area contributed by atoms with E-state index in [0.29, 0.717) is 18.0 Å². The maximum atomic E-state index is 11.6. The molecule has 0 atom stereocenters. The summed E-state index contributed by atoms with van der Waals surface area (Å²) in [7, 11) is -2.99. The summed E-state index contributed by atoms with van der Waals surface area (Å²) in [4.78, 5) is 0. The summed E-state index contributed by atoms with van der Waals surface area (Å²) in [6.45, 7) is 8.76. The van der Waals surface area contributed by atoms with Gasteiger partial charge in [0.15, 0.2) is 9.84 Å². The van der Waals surface area contributed by atoms with Crippen molar-refractivity contribution in [2.75, 3.05) is 12.8 Å². The molecular formula is C13H27NO2S. The Balaban J connectivity index is 2.43. The minimum absolute atomic E-state index is 0.463. The van der Waals surface area contributed by atoms with Gasteiger partial charge in [0.05, 0.1) is 4.75 Å². The summed E-state index contributed by atoms with van der Waals surface area (Å²) in [6.07, 6.45) is 6.09. The highest BCUT2D eigenvalue weighted by atomic mass is 32.2. The minimum atomic E-state index is -2.99. The first-order valence-electron chi connectivity index (χ1n) is 6.47. The zero-order valence-corrected chi connectivity index (χ0v) is 12.7. The van der Waals surface area contributed by atoms with Crippen molar-refractivity contribution >= 4 is 9.84 Å². The van der Waals surface area contributed by atoms with E-state index < -0.39 is 14.6 Å². The molecule has 4 heteroatoms. The van der Waals surface area contributed by atoms with Gasteiger partial charge in [0.25, 0.3) is 0 Å². The van der Waals surface area contributed by atoms with Crippen LogP contribution in [0.5, 0.6) is 0 Å². The Morgan fingerprint density at radius 3 is 2.12 bits per heavy atom. The van der Waals surface area contributed by atoms with Gasteiger partial charge < -0.3 is 5.32 Å². The molecule has 0 saturated heterocycles. The summed E-state index contributed by atoms with van der Waals surface area (Å²) in [6, 6.07) is 0.490. The second-order valence-electron chi connectivity index (χ2n) is 6.85. The topological polar surface area (TPSA) is 46.2 Å². The van der Waals surface area contributed by atoms with Crippen LogP contribution in [-0.2, 0) is 9.84 Å². The van der Waals surface area contributed by atoms with Crippen LogP contribution in [0.3, 0.4) is 0 Å². The van der Waals surface area contributed by atoms with Gasteiger partial charge in [-0.2, -0.15) is 0 Å². The molecule has 0 aromatic rings. The molecule has 0 bridgehead atoms. The van der Waals surface area contributed by atoms with Crippen LogP contribution in [0.2, 0.25) is 0 Å². The van der Waals surface area contributed by atoms with Crippen LogP contribution in [-0.4, -0.2) is 32.0 Å². The van der Waals surface area contributed by atoms with Crippen molar-refractivity contribution in [3.05, 3.63) is 0 Å². The van der Waals surface area contributed by atoms with Crippen molar-refractivity contribution < 1.29 is 8.42 Å². The lowest BCUT2D eigenvalue weighted by Crippen LogP contribution is -2.46. The first kappa shape index (κ1) is 15.0. The Morgan fingerprint density at radius 2 is 1.71 bits per heavy atom. The maximum Gasteiger partial charge on any atom is 0.153 e. The molecule has 0 radical (unpaired) electrons. The Hall–Kier alpha value is -0.0900. The van der Waals surface area contributed by atoms with Crippen LogP contribution in [0.25, 0.3) is 0 Å². The maximum absolute atomic E-state index is 11.6. The van der Waals surface area contributed by atoms with E-state index in [2.05, 4.69) is 19.2 Å². The van der Waals surface area contributed by atoms with Crippen molar-refractivity contribution in [3.8, 4) is 0 Å². The van der Waals surface area contributed by atoms with Crippen LogP contribution in [0.1, 0.15) is 53.4 Å². The van der Waals surface area contributed by atoms with E-state index in [1.54, 1.807) is 13.8 Å². The summed E-state index contributed by atoms with van der Waals surface area (Å²) in [5.74, 6) is 0. The predicted octanol–water partition coefficient (Wildman–Crippen LogP) is 2.37. The quantitative estimate of drug-likeness (QED) is 0.845. The molecule has 0 aromatic carbocycles. The molecule has 1 fully saturated rings. The largest absolute Gasteiger partial charge is 0.312 e. The molecule has 0 aliphatic heterocycles. The number of hydrogen-bond acceptors (Lipinski definition) is 3. The average molecular weight is 261 g/mol. The van der Waals surface area contributed by atoms with Gasteiger partial charge in [0.2, 0.25) is 0 Å². The van der Waals surface area contributed by atoms with E-state index in [-0.39, 0.29) is 0 Å². The molecule has 1 N–H and O–H groups in total. The van der Waals surface area contributed by atoms with Crippen molar-refractivity contribution in [3.63, 3.8) is 0 Å². The third kappa shape index (κ3) is 4.25. The van der Waals surface area contributed by atoms with Crippen LogP contribution in [0.15, 0.2) is 0 Å². The van der Waals surface area contributed by atoms with E-state index in [1.807, 2.05) is 0 Å². The fraction of sp³-hybridized carbons (Fsp3) is 1.00. The second-order valence-corrected chi connectivity index (χ2v) is 9.50. The molecule has 1 saturated carbocycles. The van der Waals surface area contributed by atoms with Crippen LogP contribution in [0, 0.1) is 5.41 Å². The van der Waals surface area contributed by atoms with Crippen molar-refractivity contribution in [1.82, 2.24) is 5.32 Å². The van der Waals surface area contributed by atoms with E-state index in [9.17, 15) is 8.42 Å². The first-order valence-corrected chi connectivity index (χ1v) is 8.36. The summed E-state index contributed by atoms with van der Waals surface area (Å²) < 4.78 is 22.5. The number of rotatable bonds is 4. The molecular weight excluding hydrogens is 234 g/mol. The van der Waals surface area contributed by atoms with Gasteiger partial charge >= 0.3 is 0 Å². The predicted molar refractivity (Wildman–Crippen MR) is 73.0 cm³/mol. The summed E-state index contributed by atoms with van der Waals surface area (Å²) in [5, 5.41) is 3.43. The van der Waals surface area contributed by atoms with Gasteiger partial charge in [-0.1, -0.05) is 13.8 Å². The van der Waals surface area contributed by atoms with Gasteiger partial charge in [-0.25, -0.2) is 8.42 Å². The van der Waals surface area contributed by atoms with Crippen LogP contribution >= 0.6 is 0 Å². The lowest BCUT2D eigenvalue weighted by atomic mass is 9.75. The van der Waals surface area contributed by atoms with Gasteiger partial charge in [-0.05, 0) is 44.9 Å². The van der Waals surface area contributed by atoms with E-state index >= 15 is 0 Å². The smallest absolute Gasteiger partial charge is 0.153 e. The number of hydrogen-bond donors (Lipinski definition) is 1. The number of nitrogens with one attached hydrogen (secondary N) is 1. The molecule has 1 aliphatic rings. The molecule has 3 nitrogen and oxygen atoms in total. The lowest BCUT2D eigenvalue weighted by Gasteiger charge is -2.36. The van der Waals surface area contributed by atoms with E-state index in [4.69, 9.17) is 0 Å². The Labute approximate surface area is 106 Å². The van der Waals surface area contributed by atoms with Gasteiger partial charge in [-0.3, -0.25) is 0 Å². The SMILES string of the molecule is CC1(C)CCC(NCC(C)(C)S(C)(=O)=O)CC1. The normalized spacial score (nSPS) is 22.6. The highest BCUT2D eigenvalue weighted by Gasteiger charge is 2.32. The molecule has 0 spiro atoms. The van der Waals surface area contributed by atoms with Crippen molar-refractivity contribution in [1.29, 1.82) is 0 Å². The fourth-order valence-electron chi connectivity index (χ4n) is 2.12. The Kier molecular flexibility index (Phi) is 4.30. The molecule has 1 rings (SSSR count). The first-order chi connectivity index (χ1) is 7.54. The fourth-order valence-corrected chi connectivity index (χ4v) is 2.47. The number of sulfone groups is 1. The third-order valence-corrected chi connectivity index (χ3v) is 6.31. The molecule has 0 amide bonds. The zero-order chi connectivity index (χ0) is 13.3. The Morgan fingerprint density at radius 1 is 1.24 bits per heavy atom. The van der Waals surface area contributed by atoms with E-state index in [0.717, 1.165) is 12.8 Å². The molecule has 102 valence electrons. The Bertz CT molecular complexity index is 348. The van der Waals surface area contributed by atoms with Crippen LogP contribution in [0.4, 0.5) is 0 Å². The van der Waals surface area contributed by atoms with Crippen molar-refractivity contribution in [2.24, 2.45) is 5.41 Å². The molecule has 0 heterocycles. The second kappa shape index (κ2) is 4.88. The standard InChI is InChI=1S/C13H27NO2S/c1-12(2)8-6-11(7-9-12)14-10-13(3,4)17(5,15)16/h11,14H,6-10H2,1-5H3. The molecule has 1 aliphatic carbocycles. The monoisotopic (exact) mass is 261 g/mol. The van der Waals surface area contributed by atoms with Gasteiger partial charge in [0.1, 0.15) is 0 Å². The molecule has 0 aromatic heterocycles. The third-order valence-electron chi connectivity index (χ3n) is 4.16. The van der Waals surface area contributed by atoms with E-state index in [1.165, 1.54) is 19.1 Å². The highest BCUT2D eigenvalue weighted by molar-refractivity contribution is 7.92. The summed E-state index contributed by atoms with van der Waals surface area (Å²) >= 11 is 0. The average Bonchev–Trinajstić information content (AvgIpc) is 2.14. The van der Waals surface area contributed by atoms with Gasteiger partial charge in [-0.15, -0.1) is 0 Å². The summed E-state index contributed by atoms with van der Waals surface area (Å²) in [5.41, 5.74) is 0.463. The lowest BCUT2D eigenvalue weighted by molar-refractivity contribution is 0.205. The van der Waals surface area contributed by atoms with Crippen LogP contribution < -0.4 is 5.32 Å². The zero-order valence-electron chi connectivity index (χ0n) is 11.8. The minimum Gasteiger partial charge on any atom is -0.312 e. The molecule has 17 heavy (non-hydrogen) atoms. The van der Waals surface area contributed by atoms with Crippen molar-refractivity contribution in [2.45, 2.75) is 64.2 Å².